The van der Waals surface area contributed by atoms with Crippen molar-refractivity contribution in [1.29, 1.82) is 0 Å². The highest BCUT2D eigenvalue weighted by atomic mass is 16.4. The van der Waals surface area contributed by atoms with Gasteiger partial charge < -0.3 is 9.90 Å². The van der Waals surface area contributed by atoms with Gasteiger partial charge in [0.15, 0.2) is 11.6 Å². The molecule has 0 bridgehead atoms. The van der Waals surface area contributed by atoms with E-state index in [-0.39, 0.29) is 0 Å². The number of carbonyl (C=O) groups excluding carboxylic acids is 3. The van der Waals surface area contributed by atoms with Crippen molar-refractivity contribution >= 4 is 17.5 Å². The molecule has 0 aliphatic carbocycles. The molecule has 0 saturated carbocycles. The van der Waals surface area contributed by atoms with Crippen molar-refractivity contribution in [3.8, 4) is 0 Å². The third kappa shape index (κ3) is 3.02. The molecule has 0 unspecified atom stereocenters. The van der Waals surface area contributed by atoms with Gasteiger partial charge in [0, 0.05) is 5.56 Å². The Labute approximate surface area is 86.5 Å². The van der Waals surface area contributed by atoms with Crippen LogP contribution in [0.5, 0.6) is 0 Å². The van der Waals surface area contributed by atoms with E-state index in [1.54, 1.807) is 24.3 Å². The van der Waals surface area contributed by atoms with E-state index in [4.69, 9.17) is 0 Å². The average Bonchev–Trinajstić information content (AvgIpc) is 2.18. The predicted octanol–water partition coefficient (Wildman–Crippen LogP) is -0.113. The summed E-state index contributed by atoms with van der Waals surface area (Å²) in [5.74, 6) is -3.53. The molecule has 0 aromatic heterocycles. The van der Waals surface area contributed by atoms with Crippen LogP contribution >= 0.6 is 0 Å². The van der Waals surface area contributed by atoms with Gasteiger partial charge in [-0.25, -0.2) is 0 Å². The molecule has 1 rings (SSSR count). The Kier molecular flexibility index (Phi) is 3.33. The van der Waals surface area contributed by atoms with Crippen LogP contribution in [-0.4, -0.2) is 17.5 Å². The molecule has 0 N–H and O–H groups in total. The fraction of sp³-hybridized carbons (Fsp3) is 0.182. The smallest absolute Gasteiger partial charge is 0.185 e. The van der Waals surface area contributed by atoms with Gasteiger partial charge in [-0.15, -0.1) is 0 Å². The van der Waals surface area contributed by atoms with Crippen LogP contribution in [0, 0.1) is 6.92 Å². The zero-order valence-electron chi connectivity index (χ0n) is 8.15. The van der Waals surface area contributed by atoms with Crippen molar-refractivity contribution in [2.75, 3.05) is 0 Å². The van der Waals surface area contributed by atoms with E-state index < -0.39 is 24.0 Å². The monoisotopic (exact) mass is 205 g/mol. The second kappa shape index (κ2) is 4.50. The topological polar surface area (TPSA) is 74.3 Å². The molecule has 4 nitrogen and oxygen atoms in total. The Balaban J connectivity index is 2.74. The highest BCUT2D eigenvalue weighted by Gasteiger charge is 2.11. The maximum Gasteiger partial charge on any atom is 0.185 e. The molecule has 0 aliphatic rings. The number of rotatable bonds is 4. The second-order valence-electron chi connectivity index (χ2n) is 3.18. The minimum atomic E-state index is -1.82. The number of hydrogen-bond acceptors (Lipinski definition) is 4. The summed E-state index contributed by atoms with van der Waals surface area (Å²) >= 11 is 0. The number of carbonyl (C=O) groups is 3. The predicted molar refractivity (Wildman–Crippen MR) is 50.1 cm³/mol. The Morgan fingerprint density at radius 3 is 2.13 bits per heavy atom. The lowest BCUT2D eigenvalue weighted by Gasteiger charge is -2.01. The molecule has 4 heteroatoms. The van der Waals surface area contributed by atoms with Crippen molar-refractivity contribution in [1.82, 2.24) is 0 Å². The molecule has 78 valence electrons. The van der Waals surface area contributed by atoms with E-state index in [0.29, 0.717) is 5.56 Å². The number of carboxylic acids is 1. The first-order chi connectivity index (χ1) is 7.00. The van der Waals surface area contributed by atoms with Gasteiger partial charge in [-0.2, -0.15) is 0 Å². The first kappa shape index (κ1) is 11.1. The third-order valence-corrected chi connectivity index (χ3v) is 1.92. The van der Waals surface area contributed by atoms with Crippen LogP contribution in [0.4, 0.5) is 0 Å². The molecule has 0 radical (unpaired) electrons. The zero-order valence-corrected chi connectivity index (χ0v) is 8.15. The molecular weight excluding hydrogens is 196 g/mol. The SMILES string of the molecule is Cc1ccc(C(=O)CC(=O)C(=O)[O-])cc1. The lowest BCUT2D eigenvalue weighted by Crippen LogP contribution is -2.32. The molecule has 1 aromatic carbocycles. The summed E-state index contributed by atoms with van der Waals surface area (Å²) in [6, 6.07) is 6.55. The molecule has 1 aromatic rings. The standard InChI is InChI=1S/C11H10O4/c1-7-2-4-8(5-3-7)9(12)6-10(13)11(14)15/h2-5H,6H2,1H3,(H,14,15)/p-1. The number of hydrogen-bond donors (Lipinski definition) is 0. The van der Waals surface area contributed by atoms with Crippen LogP contribution in [0.15, 0.2) is 24.3 Å². The normalized spacial score (nSPS) is 9.67. The lowest BCUT2D eigenvalue weighted by molar-refractivity contribution is -0.299. The molecule has 0 saturated heterocycles. The Hall–Kier alpha value is -1.97. The number of aryl methyl sites for hydroxylation is 1. The zero-order chi connectivity index (χ0) is 11.4. The minimum Gasteiger partial charge on any atom is -0.542 e. The maximum absolute atomic E-state index is 11.4. The quantitative estimate of drug-likeness (QED) is 0.390. The van der Waals surface area contributed by atoms with Crippen LogP contribution in [0.25, 0.3) is 0 Å². The van der Waals surface area contributed by atoms with Gasteiger partial charge in [0.05, 0.1) is 6.42 Å². The molecule has 0 spiro atoms. The van der Waals surface area contributed by atoms with Crippen molar-refractivity contribution < 1.29 is 19.5 Å². The molecule has 0 amide bonds. The Bertz CT molecular complexity index is 403. The highest BCUT2D eigenvalue weighted by Crippen LogP contribution is 2.06. The maximum atomic E-state index is 11.4. The average molecular weight is 205 g/mol. The molecule has 15 heavy (non-hydrogen) atoms. The van der Waals surface area contributed by atoms with Crippen LogP contribution in [0.1, 0.15) is 22.3 Å². The Morgan fingerprint density at radius 2 is 1.67 bits per heavy atom. The first-order valence-electron chi connectivity index (χ1n) is 4.34. The second-order valence-corrected chi connectivity index (χ2v) is 3.18. The van der Waals surface area contributed by atoms with E-state index in [1.165, 1.54) is 0 Å². The summed E-state index contributed by atoms with van der Waals surface area (Å²) in [4.78, 5) is 32.2. The van der Waals surface area contributed by atoms with Gasteiger partial charge in [-0.1, -0.05) is 29.8 Å². The summed E-state index contributed by atoms with van der Waals surface area (Å²) in [6.45, 7) is 1.86. The molecule has 0 heterocycles. The summed E-state index contributed by atoms with van der Waals surface area (Å²) in [5, 5.41) is 10.1. The number of aliphatic carboxylic acids is 1. The minimum absolute atomic E-state index is 0.329. The van der Waals surface area contributed by atoms with Crippen LogP contribution in [0.2, 0.25) is 0 Å². The van der Waals surface area contributed by atoms with Crippen molar-refractivity contribution in [3.05, 3.63) is 35.4 Å². The summed E-state index contributed by atoms with van der Waals surface area (Å²) < 4.78 is 0. The van der Waals surface area contributed by atoms with E-state index in [0.717, 1.165) is 5.56 Å². The molecule has 0 fully saturated rings. The van der Waals surface area contributed by atoms with Crippen molar-refractivity contribution in [3.63, 3.8) is 0 Å². The summed E-state index contributed by atoms with van der Waals surface area (Å²) in [5.41, 5.74) is 1.31. The van der Waals surface area contributed by atoms with Crippen LogP contribution in [0.3, 0.4) is 0 Å². The van der Waals surface area contributed by atoms with Gasteiger partial charge in [0.2, 0.25) is 0 Å². The number of benzene rings is 1. The van der Waals surface area contributed by atoms with Gasteiger partial charge in [0.25, 0.3) is 0 Å². The van der Waals surface area contributed by atoms with E-state index in [9.17, 15) is 19.5 Å². The van der Waals surface area contributed by atoms with E-state index in [2.05, 4.69) is 0 Å². The fourth-order valence-electron chi connectivity index (χ4n) is 1.06. The third-order valence-electron chi connectivity index (χ3n) is 1.92. The highest BCUT2D eigenvalue weighted by molar-refractivity contribution is 6.36. The first-order valence-corrected chi connectivity index (χ1v) is 4.34. The number of Topliss-reactive ketones (excluding diaryl/α,β-unsaturated/α-hetero) is 2. The summed E-state index contributed by atoms with van der Waals surface area (Å²) in [6.07, 6.45) is -0.647. The van der Waals surface area contributed by atoms with E-state index in [1.807, 2.05) is 6.92 Å². The summed E-state index contributed by atoms with van der Waals surface area (Å²) in [7, 11) is 0. The van der Waals surface area contributed by atoms with Crippen molar-refractivity contribution in [2.24, 2.45) is 0 Å². The van der Waals surface area contributed by atoms with Gasteiger partial charge in [0.1, 0.15) is 5.97 Å². The van der Waals surface area contributed by atoms with Gasteiger partial charge in [-0.3, -0.25) is 9.59 Å². The van der Waals surface area contributed by atoms with Gasteiger partial charge >= 0.3 is 0 Å². The largest absolute Gasteiger partial charge is 0.542 e. The fourth-order valence-corrected chi connectivity index (χ4v) is 1.06. The Morgan fingerprint density at radius 1 is 1.13 bits per heavy atom. The molecule has 0 aliphatic heterocycles. The van der Waals surface area contributed by atoms with Crippen molar-refractivity contribution in [2.45, 2.75) is 13.3 Å². The molecular formula is C11H9O4-. The molecule has 0 atom stereocenters. The van der Waals surface area contributed by atoms with Crippen LogP contribution in [-0.2, 0) is 9.59 Å². The van der Waals surface area contributed by atoms with E-state index >= 15 is 0 Å². The number of ketones is 2. The van der Waals surface area contributed by atoms with Crippen LogP contribution < -0.4 is 5.11 Å². The number of carboxylic acid groups (broad SMARTS) is 1. The van der Waals surface area contributed by atoms with Gasteiger partial charge in [-0.05, 0) is 6.92 Å². The lowest BCUT2D eigenvalue weighted by atomic mass is 10.0.